The predicted octanol–water partition coefficient (Wildman–Crippen LogP) is 1.47. The number of aliphatic hydroxyl groups is 1. The molecule has 2 aromatic heterocycles. The highest BCUT2D eigenvalue weighted by atomic mass is 16.3. The Hall–Kier alpha value is -2.96. The molecule has 7 heteroatoms. The number of allylic oxidation sites excluding steroid dienone is 1. The summed E-state index contributed by atoms with van der Waals surface area (Å²) < 4.78 is 1.86. The van der Waals surface area contributed by atoms with E-state index in [1.807, 2.05) is 35.9 Å². The third kappa shape index (κ3) is 1.95. The summed E-state index contributed by atoms with van der Waals surface area (Å²) in [6.07, 6.45) is 2.82. The smallest absolute Gasteiger partial charge is 0.239 e. The number of H-pyrrole nitrogens is 1. The lowest BCUT2D eigenvalue weighted by Crippen LogP contribution is -1.97. The second-order valence-electron chi connectivity index (χ2n) is 4.30. The van der Waals surface area contributed by atoms with Crippen LogP contribution in [0.3, 0.4) is 0 Å². The number of nitrogens with one attached hydrogen (secondary N) is 1. The Balaban J connectivity index is 2.03. The Bertz CT molecular complexity index is 801. The van der Waals surface area contributed by atoms with Crippen molar-refractivity contribution < 1.29 is 9.90 Å². The van der Waals surface area contributed by atoms with Crippen molar-refractivity contribution >= 4 is 22.4 Å². The van der Waals surface area contributed by atoms with Crippen LogP contribution in [0.5, 0.6) is 0 Å². The topological polar surface area (TPSA) is 96.7 Å². The number of benzene rings is 1. The zero-order chi connectivity index (χ0) is 14.1. The van der Waals surface area contributed by atoms with Gasteiger partial charge in [-0.3, -0.25) is 4.79 Å². The predicted molar refractivity (Wildman–Crippen MR) is 72.0 cm³/mol. The Morgan fingerprint density at radius 3 is 2.95 bits per heavy atom. The third-order valence-corrected chi connectivity index (χ3v) is 3.00. The number of fused-ring (bicyclic) bond motifs is 1. The van der Waals surface area contributed by atoms with E-state index in [4.69, 9.17) is 0 Å². The van der Waals surface area contributed by atoms with Gasteiger partial charge in [0.05, 0.1) is 0 Å². The minimum Gasteiger partial charge on any atom is -0.504 e. The first-order chi connectivity index (χ1) is 9.66. The van der Waals surface area contributed by atoms with Crippen molar-refractivity contribution in [2.45, 2.75) is 0 Å². The van der Waals surface area contributed by atoms with Crippen molar-refractivity contribution in [2.24, 2.45) is 7.05 Å². The van der Waals surface area contributed by atoms with Gasteiger partial charge >= 0.3 is 0 Å². The van der Waals surface area contributed by atoms with Gasteiger partial charge in [-0.15, -0.1) is 10.2 Å². The molecule has 7 nitrogen and oxygen atoms in total. The van der Waals surface area contributed by atoms with Crippen molar-refractivity contribution in [2.75, 3.05) is 0 Å². The van der Waals surface area contributed by atoms with Gasteiger partial charge in [0.2, 0.25) is 5.82 Å². The van der Waals surface area contributed by atoms with Gasteiger partial charge in [0.15, 0.2) is 11.5 Å². The Kier molecular flexibility index (Phi) is 2.79. The molecule has 100 valence electrons. The molecule has 0 radical (unpaired) electrons. The maximum atomic E-state index is 12.2. The van der Waals surface area contributed by atoms with Crippen LogP contribution in [0.25, 0.3) is 16.7 Å². The Morgan fingerprint density at radius 1 is 1.40 bits per heavy atom. The quantitative estimate of drug-likeness (QED) is 0.426. The number of rotatable bonds is 3. The zero-order valence-electron chi connectivity index (χ0n) is 10.6. The molecule has 0 aliphatic rings. The average Bonchev–Trinajstić information content (AvgIpc) is 3.07. The molecule has 0 atom stereocenters. The molecular formula is C13H11N5O2. The summed E-state index contributed by atoms with van der Waals surface area (Å²) in [6.45, 7) is 0. The number of aryl methyl sites for hydroxylation is 1. The summed E-state index contributed by atoms with van der Waals surface area (Å²) in [5, 5.41) is 23.3. The number of ketones is 1. The number of para-hydroxylation sites is 1. The fraction of sp³-hybridized carbons (Fsp3) is 0.0769. The maximum Gasteiger partial charge on any atom is 0.239 e. The molecule has 20 heavy (non-hydrogen) atoms. The molecule has 0 saturated carbocycles. The highest BCUT2D eigenvalue weighted by molar-refractivity contribution is 6.15. The second kappa shape index (κ2) is 4.61. The normalized spacial score (nSPS) is 11.9. The van der Waals surface area contributed by atoms with E-state index in [-0.39, 0.29) is 17.4 Å². The van der Waals surface area contributed by atoms with E-state index in [1.54, 1.807) is 6.20 Å². The van der Waals surface area contributed by atoms with Crippen LogP contribution in [0.15, 0.2) is 36.5 Å². The number of aliphatic hydroxyl groups excluding tert-OH is 1. The summed E-state index contributed by atoms with van der Waals surface area (Å²) in [4.78, 5) is 12.2. The molecule has 0 aliphatic carbocycles. The number of hydrogen-bond acceptors (Lipinski definition) is 5. The standard InChI is InChI=1S/C13H11N5O2/c1-18-7-9(8-4-2-3-5-10(8)18)11(19)6-12(20)13-14-16-17-15-13/h2-7,20H,1H3,(H,14,15,16,17)/b12-6-. The molecule has 0 unspecified atom stereocenters. The van der Waals surface area contributed by atoms with E-state index >= 15 is 0 Å². The summed E-state index contributed by atoms with van der Waals surface area (Å²) in [5.41, 5.74) is 1.46. The van der Waals surface area contributed by atoms with Gasteiger partial charge in [-0.2, -0.15) is 5.21 Å². The molecular weight excluding hydrogens is 258 g/mol. The lowest BCUT2D eigenvalue weighted by atomic mass is 10.1. The number of hydrogen-bond donors (Lipinski definition) is 2. The molecule has 3 rings (SSSR count). The highest BCUT2D eigenvalue weighted by Gasteiger charge is 2.14. The largest absolute Gasteiger partial charge is 0.504 e. The fourth-order valence-electron chi connectivity index (χ4n) is 2.07. The van der Waals surface area contributed by atoms with E-state index in [2.05, 4.69) is 20.6 Å². The highest BCUT2D eigenvalue weighted by Crippen LogP contribution is 2.21. The number of aromatic nitrogens is 5. The number of carbonyl (C=O) groups excluding carboxylic acids is 1. The summed E-state index contributed by atoms with van der Waals surface area (Å²) >= 11 is 0. The van der Waals surface area contributed by atoms with Crippen molar-refractivity contribution in [3.8, 4) is 0 Å². The van der Waals surface area contributed by atoms with Gasteiger partial charge in [0.1, 0.15) is 0 Å². The number of aromatic amines is 1. The zero-order valence-corrected chi connectivity index (χ0v) is 10.6. The third-order valence-electron chi connectivity index (χ3n) is 3.00. The van der Waals surface area contributed by atoms with E-state index in [0.29, 0.717) is 5.56 Å². The first kappa shape index (κ1) is 12.1. The number of carbonyl (C=O) groups is 1. The van der Waals surface area contributed by atoms with Crippen molar-refractivity contribution in [1.82, 2.24) is 25.2 Å². The molecule has 2 heterocycles. The molecule has 2 N–H and O–H groups in total. The van der Waals surface area contributed by atoms with Crippen LogP contribution in [0.4, 0.5) is 0 Å². The van der Waals surface area contributed by atoms with Crippen molar-refractivity contribution in [3.63, 3.8) is 0 Å². The van der Waals surface area contributed by atoms with E-state index in [9.17, 15) is 9.90 Å². The molecule has 0 amide bonds. The van der Waals surface area contributed by atoms with Crippen LogP contribution < -0.4 is 0 Å². The first-order valence-electron chi connectivity index (χ1n) is 5.89. The lowest BCUT2D eigenvalue weighted by molar-refractivity contribution is 0.104. The van der Waals surface area contributed by atoms with Gasteiger partial charge in [0, 0.05) is 35.8 Å². The number of nitrogens with zero attached hydrogens (tertiary/aromatic N) is 4. The van der Waals surface area contributed by atoms with Crippen LogP contribution in [-0.2, 0) is 7.05 Å². The fourth-order valence-corrected chi connectivity index (χ4v) is 2.07. The summed E-state index contributed by atoms with van der Waals surface area (Å²) in [7, 11) is 1.86. The molecule has 1 aromatic carbocycles. The molecule has 3 aromatic rings. The number of tetrazole rings is 1. The lowest BCUT2D eigenvalue weighted by Gasteiger charge is -1.95. The SMILES string of the molecule is Cn1cc(C(=O)/C=C(\O)c2nn[nH]n2)c2ccccc21. The molecule has 0 spiro atoms. The minimum atomic E-state index is -0.323. The van der Waals surface area contributed by atoms with Crippen LogP contribution in [-0.4, -0.2) is 36.1 Å². The van der Waals surface area contributed by atoms with Gasteiger partial charge < -0.3 is 9.67 Å². The second-order valence-corrected chi connectivity index (χ2v) is 4.30. The van der Waals surface area contributed by atoms with E-state index in [1.165, 1.54) is 0 Å². The molecule has 0 fully saturated rings. The Morgan fingerprint density at radius 2 is 2.20 bits per heavy atom. The summed E-state index contributed by atoms with van der Waals surface area (Å²) in [5.74, 6) is -0.653. The minimum absolute atomic E-state index is 0.0152. The van der Waals surface area contributed by atoms with E-state index in [0.717, 1.165) is 17.0 Å². The van der Waals surface area contributed by atoms with Crippen LogP contribution in [0.1, 0.15) is 16.2 Å². The van der Waals surface area contributed by atoms with Gasteiger partial charge in [0.25, 0.3) is 0 Å². The molecule has 0 bridgehead atoms. The van der Waals surface area contributed by atoms with Crippen molar-refractivity contribution in [1.29, 1.82) is 0 Å². The maximum absolute atomic E-state index is 12.2. The molecule has 0 saturated heterocycles. The monoisotopic (exact) mass is 269 g/mol. The summed E-state index contributed by atoms with van der Waals surface area (Å²) in [6, 6.07) is 7.56. The first-order valence-corrected chi connectivity index (χ1v) is 5.89. The van der Waals surface area contributed by atoms with Gasteiger partial charge in [-0.05, 0) is 11.3 Å². The van der Waals surface area contributed by atoms with Gasteiger partial charge in [-0.1, -0.05) is 18.2 Å². The average molecular weight is 269 g/mol. The van der Waals surface area contributed by atoms with Crippen molar-refractivity contribution in [3.05, 3.63) is 47.9 Å². The van der Waals surface area contributed by atoms with E-state index < -0.39 is 0 Å². The molecule has 0 aliphatic heterocycles. The van der Waals surface area contributed by atoms with Crippen LogP contribution >= 0.6 is 0 Å². The van der Waals surface area contributed by atoms with Gasteiger partial charge in [-0.25, -0.2) is 0 Å². The van der Waals surface area contributed by atoms with Crippen LogP contribution in [0, 0.1) is 0 Å². The Labute approximate surface area is 113 Å². The van der Waals surface area contributed by atoms with Crippen LogP contribution in [0.2, 0.25) is 0 Å².